The fourth-order valence-electron chi connectivity index (χ4n) is 1.84. The molecule has 1 aliphatic rings. The van der Waals surface area contributed by atoms with Gasteiger partial charge in [0.1, 0.15) is 12.2 Å². The van der Waals surface area contributed by atoms with Crippen LogP contribution in [-0.2, 0) is 24.0 Å². The first-order chi connectivity index (χ1) is 8.27. The molecule has 102 valence electrons. The molecule has 8 heteroatoms. The number of ether oxygens (including phenoxy) is 2. The Morgan fingerprint density at radius 3 is 2.78 bits per heavy atom. The van der Waals surface area contributed by atoms with Crippen LogP contribution < -0.4 is 5.14 Å². The van der Waals surface area contributed by atoms with Gasteiger partial charge in [0.05, 0.1) is 6.61 Å². The number of thiophene rings is 1. The van der Waals surface area contributed by atoms with Crippen LogP contribution >= 0.6 is 11.3 Å². The van der Waals surface area contributed by atoms with Crippen molar-refractivity contribution in [2.24, 2.45) is 5.14 Å². The quantitative estimate of drug-likeness (QED) is 0.900. The first-order valence-corrected chi connectivity index (χ1v) is 7.73. The summed E-state index contributed by atoms with van der Waals surface area (Å²) in [4.78, 5) is 0. The zero-order chi connectivity index (χ0) is 13.4. The molecule has 18 heavy (non-hydrogen) atoms. The third-order valence-corrected chi connectivity index (χ3v) is 3.62. The van der Waals surface area contributed by atoms with E-state index in [9.17, 15) is 8.42 Å². The second-order valence-electron chi connectivity index (χ2n) is 4.43. The van der Waals surface area contributed by atoms with Crippen LogP contribution in [0.25, 0.3) is 0 Å². The maximum Gasteiger partial charge on any atom is 0.333 e. The van der Waals surface area contributed by atoms with E-state index < -0.39 is 22.2 Å². The molecule has 0 saturated carbocycles. The molecular formula is C10H15NO5S2. The van der Waals surface area contributed by atoms with E-state index in [4.69, 9.17) is 14.6 Å². The molecule has 0 amide bonds. The Morgan fingerprint density at radius 1 is 1.50 bits per heavy atom. The second kappa shape index (κ2) is 4.87. The lowest BCUT2D eigenvalue weighted by Gasteiger charge is -2.16. The van der Waals surface area contributed by atoms with Gasteiger partial charge in [-0.25, -0.2) is 5.14 Å². The van der Waals surface area contributed by atoms with Gasteiger partial charge in [-0.15, -0.1) is 0 Å². The Hall–Kier alpha value is -0.510. The molecule has 2 heterocycles. The van der Waals surface area contributed by atoms with E-state index in [1.165, 1.54) is 11.3 Å². The fourth-order valence-corrected chi connectivity index (χ4v) is 2.85. The molecule has 1 saturated heterocycles. The van der Waals surface area contributed by atoms with Crippen LogP contribution in [0.3, 0.4) is 0 Å². The Balaban J connectivity index is 2.11. The number of hydrogen-bond acceptors (Lipinski definition) is 6. The molecule has 1 aliphatic heterocycles. The molecule has 0 unspecified atom stereocenters. The summed E-state index contributed by atoms with van der Waals surface area (Å²) in [6.45, 7) is 3.37. The predicted octanol–water partition coefficient (Wildman–Crippen LogP) is 1.16. The van der Waals surface area contributed by atoms with Crippen LogP contribution in [0.15, 0.2) is 16.8 Å². The average Bonchev–Trinajstić information content (AvgIpc) is 2.80. The van der Waals surface area contributed by atoms with Gasteiger partial charge in [0.2, 0.25) is 0 Å². The van der Waals surface area contributed by atoms with Crippen molar-refractivity contribution < 1.29 is 22.1 Å². The summed E-state index contributed by atoms with van der Waals surface area (Å²) in [6, 6.07) is 1.91. The third-order valence-electron chi connectivity index (χ3n) is 2.45. The summed E-state index contributed by atoms with van der Waals surface area (Å²) < 4.78 is 37.5. The smallest absolute Gasteiger partial charge is 0.333 e. The summed E-state index contributed by atoms with van der Waals surface area (Å²) >= 11 is 1.53. The van der Waals surface area contributed by atoms with E-state index in [1.54, 1.807) is 13.8 Å². The van der Waals surface area contributed by atoms with Gasteiger partial charge in [-0.2, -0.15) is 19.8 Å². The van der Waals surface area contributed by atoms with Crippen molar-refractivity contribution in [2.45, 2.75) is 31.8 Å². The van der Waals surface area contributed by atoms with E-state index in [0.717, 1.165) is 5.56 Å². The predicted molar refractivity (Wildman–Crippen MR) is 66.2 cm³/mol. The first kappa shape index (κ1) is 13.9. The third kappa shape index (κ3) is 3.50. The van der Waals surface area contributed by atoms with Gasteiger partial charge in [-0.05, 0) is 36.2 Å². The monoisotopic (exact) mass is 293 g/mol. The van der Waals surface area contributed by atoms with Crippen LogP contribution in [-0.4, -0.2) is 26.9 Å². The molecule has 1 aromatic heterocycles. The van der Waals surface area contributed by atoms with E-state index in [2.05, 4.69) is 4.18 Å². The van der Waals surface area contributed by atoms with E-state index in [1.807, 2.05) is 16.8 Å². The summed E-state index contributed by atoms with van der Waals surface area (Å²) in [5.41, 5.74) is 0.939. The fraction of sp³-hybridized carbons (Fsp3) is 0.600. The van der Waals surface area contributed by atoms with Crippen LogP contribution in [0, 0.1) is 0 Å². The maximum atomic E-state index is 10.8. The minimum absolute atomic E-state index is 0.164. The topological polar surface area (TPSA) is 87.9 Å². The van der Waals surface area contributed by atoms with Gasteiger partial charge in [0, 0.05) is 0 Å². The van der Waals surface area contributed by atoms with Gasteiger partial charge in [0.15, 0.2) is 5.79 Å². The highest BCUT2D eigenvalue weighted by molar-refractivity contribution is 7.84. The molecule has 0 aromatic carbocycles. The van der Waals surface area contributed by atoms with E-state index in [0.29, 0.717) is 0 Å². The second-order valence-corrected chi connectivity index (χ2v) is 6.43. The lowest BCUT2D eigenvalue weighted by atomic mass is 10.1. The lowest BCUT2D eigenvalue weighted by Crippen LogP contribution is -2.28. The van der Waals surface area contributed by atoms with Gasteiger partial charge < -0.3 is 9.47 Å². The van der Waals surface area contributed by atoms with Crippen LogP contribution in [0.1, 0.15) is 25.5 Å². The van der Waals surface area contributed by atoms with Crippen LogP contribution in [0.4, 0.5) is 0 Å². The normalized spacial score (nSPS) is 27.5. The van der Waals surface area contributed by atoms with Gasteiger partial charge in [0.25, 0.3) is 0 Å². The molecule has 6 nitrogen and oxygen atoms in total. The van der Waals surface area contributed by atoms with Crippen molar-refractivity contribution in [3.05, 3.63) is 22.4 Å². The molecule has 0 spiro atoms. The highest BCUT2D eigenvalue weighted by Gasteiger charge is 2.42. The molecule has 0 radical (unpaired) electrons. The lowest BCUT2D eigenvalue weighted by molar-refractivity contribution is -0.148. The van der Waals surface area contributed by atoms with Gasteiger partial charge >= 0.3 is 10.3 Å². The van der Waals surface area contributed by atoms with Crippen molar-refractivity contribution >= 4 is 21.6 Å². The molecule has 0 bridgehead atoms. The number of nitrogens with two attached hydrogens (primary N) is 1. The first-order valence-electron chi connectivity index (χ1n) is 5.32. The molecule has 1 aromatic rings. The summed E-state index contributed by atoms with van der Waals surface area (Å²) in [5, 5.41) is 8.65. The van der Waals surface area contributed by atoms with E-state index >= 15 is 0 Å². The zero-order valence-electron chi connectivity index (χ0n) is 10.0. The summed E-state index contributed by atoms with van der Waals surface area (Å²) in [6.07, 6.45) is -0.860. The Bertz CT molecular complexity index is 496. The highest BCUT2D eigenvalue weighted by Crippen LogP contribution is 2.39. The van der Waals surface area contributed by atoms with Crippen molar-refractivity contribution in [2.75, 3.05) is 6.61 Å². The van der Waals surface area contributed by atoms with Crippen molar-refractivity contribution in [1.29, 1.82) is 0 Å². The average molecular weight is 293 g/mol. The molecule has 1 fully saturated rings. The van der Waals surface area contributed by atoms with Crippen molar-refractivity contribution in [1.82, 2.24) is 0 Å². The molecule has 2 N–H and O–H groups in total. The molecule has 2 rings (SSSR count). The van der Waals surface area contributed by atoms with Crippen molar-refractivity contribution in [3.8, 4) is 0 Å². The Morgan fingerprint density at radius 2 is 2.22 bits per heavy atom. The van der Waals surface area contributed by atoms with Gasteiger partial charge in [-0.3, -0.25) is 4.18 Å². The zero-order valence-corrected chi connectivity index (χ0v) is 11.7. The Labute approximate surface area is 110 Å². The minimum atomic E-state index is -3.97. The van der Waals surface area contributed by atoms with Crippen LogP contribution in [0.5, 0.6) is 0 Å². The Kier molecular flexibility index (Phi) is 3.77. The number of rotatable bonds is 4. The molecular weight excluding hydrogens is 278 g/mol. The molecule has 2 atom stereocenters. The largest absolute Gasteiger partial charge is 0.342 e. The maximum absolute atomic E-state index is 10.8. The van der Waals surface area contributed by atoms with E-state index in [-0.39, 0.29) is 12.7 Å². The number of hydrogen-bond donors (Lipinski definition) is 1. The van der Waals surface area contributed by atoms with Crippen LogP contribution in [0.2, 0.25) is 0 Å². The SMILES string of the molecule is CC1(C)O[C@@H](COS(N)(=O)=O)[C@H](c2ccsc2)O1. The van der Waals surface area contributed by atoms with Crippen molar-refractivity contribution in [3.63, 3.8) is 0 Å². The molecule has 0 aliphatic carbocycles. The summed E-state index contributed by atoms with van der Waals surface area (Å²) in [7, 11) is -3.97. The standard InChI is InChI=1S/C10H15NO5S2/c1-10(2)15-8(5-14-18(11,12)13)9(16-10)7-3-4-17-6-7/h3-4,6,8-9H,5H2,1-2H3,(H2,11,12,13)/t8-,9-/m0/s1. The summed E-state index contributed by atoms with van der Waals surface area (Å²) in [5.74, 6) is -0.779. The minimum Gasteiger partial charge on any atom is -0.342 e. The van der Waals surface area contributed by atoms with Gasteiger partial charge in [-0.1, -0.05) is 0 Å². The highest BCUT2D eigenvalue weighted by atomic mass is 32.2.